The number of aliphatic hydroxyl groups excluding tert-OH is 1. The van der Waals surface area contributed by atoms with E-state index in [1.807, 2.05) is 0 Å². The van der Waals surface area contributed by atoms with Gasteiger partial charge in [0.15, 0.2) is 0 Å². The van der Waals surface area contributed by atoms with E-state index < -0.39 is 6.10 Å². The Balaban J connectivity index is 2.35. The second-order valence-corrected chi connectivity index (χ2v) is 4.17. The van der Waals surface area contributed by atoms with E-state index in [4.69, 9.17) is 19.2 Å². The van der Waals surface area contributed by atoms with Gasteiger partial charge in [-0.15, -0.1) is 0 Å². The fraction of sp³-hybridized carbons (Fsp3) is 0.909. The van der Waals surface area contributed by atoms with Crippen molar-refractivity contribution in [3.63, 3.8) is 0 Å². The lowest BCUT2D eigenvalue weighted by atomic mass is 9.77. The van der Waals surface area contributed by atoms with E-state index in [2.05, 4.69) is 11.8 Å². The van der Waals surface area contributed by atoms with Crippen LogP contribution < -0.4 is 0 Å². The Kier molecular flexibility index (Phi) is 5.14. The molecule has 0 spiro atoms. The van der Waals surface area contributed by atoms with Crippen LogP contribution in [0.15, 0.2) is 0 Å². The van der Waals surface area contributed by atoms with Gasteiger partial charge < -0.3 is 14.7 Å². The SMILES string of the molecule is [B]C1C(O)CC([N+]#[C-])C1COCCCC. The van der Waals surface area contributed by atoms with E-state index >= 15 is 0 Å². The lowest BCUT2D eigenvalue weighted by molar-refractivity contribution is 0.0907. The van der Waals surface area contributed by atoms with Crippen LogP contribution in [0.25, 0.3) is 4.85 Å². The van der Waals surface area contributed by atoms with Gasteiger partial charge >= 0.3 is 0 Å². The third-order valence-corrected chi connectivity index (χ3v) is 3.03. The van der Waals surface area contributed by atoms with E-state index in [0.717, 1.165) is 19.4 Å². The summed E-state index contributed by atoms with van der Waals surface area (Å²) < 4.78 is 5.47. The molecule has 0 aromatic carbocycles. The summed E-state index contributed by atoms with van der Waals surface area (Å²) >= 11 is 0. The highest BCUT2D eigenvalue weighted by Gasteiger charge is 2.43. The second kappa shape index (κ2) is 6.14. The Morgan fingerprint density at radius 1 is 1.60 bits per heavy atom. The molecule has 0 heterocycles. The number of nitrogens with zero attached hydrogens (tertiary/aromatic N) is 1. The van der Waals surface area contributed by atoms with Gasteiger partial charge in [-0.05, 0) is 12.2 Å². The minimum Gasteiger partial charge on any atom is -0.393 e. The Labute approximate surface area is 93.0 Å². The van der Waals surface area contributed by atoms with Crippen LogP contribution in [-0.4, -0.2) is 38.3 Å². The maximum Gasteiger partial charge on any atom is 0.230 e. The van der Waals surface area contributed by atoms with Crippen molar-refractivity contribution in [1.82, 2.24) is 0 Å². The molecule has 4 heteroatoms. The molecule has 0 aromatic rings. The first-order valence-corrected chi connectivity index (χ1v) is 5.58. The largest absolute Gasteiger partial charge is 0.393 e. The van der Waals surface area contributed by atoms with Gasteiger partial charge in [0.05, 0.1) is 26.5 Å². The third kappa shape index (κ3) is 3.22. The standard InChI is InChI=1S/C11H18BNO2/c1-3-4-5-15-7-8-9(13-2)6-10(14)11(8)12/h8-11,14H,3-7H2,1H3. The van der Waals surface area contributed by atoms with Crippen LogP contribution in [0, 0.1) is 12.5 Å². The van der Waals surface area contributed by atoms with E-state index in [-0.39, 0.29) is 17.8 Å². The van der Waals surface area contributed by atoms with Crippen molar-refractivity contribution in [2.24, 2.45) is 5.92 Å². The van der Waals surface area contributed by atoms with Crippen LogP contribution >= 0.6 is 0 Å². The minimum absolute atomic E-state index is 0.00523. The van der Waals surface area contributed by atoms with Crippen molar-refractivity contribution in [3.05, 3.63) is 11.4 Å². The third-order valence-electron chi connectivity index (χ3n) is 3.03. The van der Waals surface area contributed by atoms with Crippen molar-refractivity contribution in [1.29, 1.82) is 0 Å². The Morgan fingerprint density at radius 3 is 2.93 bits per heavy atom. The molecule has 0 aromatic heterocycles. The average molecular weight is 207 g/mol. The molecule has 1 aliphatic rings. The molecular weight excluding hydrogens is 189 g/mol. The molecule has 3 nitrogen and oxygen atoms in total. The lowest BCUT2D eigenvalue weighted by Crippen LogP contribution is -2.21. The Bertz CT molecular complexity index is 229. The van der Waals surface area contributed by atoms with Crippen molar-refractivity contribution < 1.29 is 9.84 Å². The predicted octanol–water partition coefficient (Wildman–Crippen LogP) is 1.43. The number of aliphatic hydroxyl groups is 1. The number of hydrogen-bond donors (Lipinski definition) is 1. The van der Waals surface area contributed by atoms with Crippen LogP contribution in [-0.2, 0) is 4.74 Å². The molecule has 1 N–H and O–H groups in total. The molecule has 15 heavy (non-hydrogen) atoms. The number of ether oxygens (including phenoxy) is 1. The van der Waals surface area contributed by atoms with Crippen molar-refractivity contribution in [2.75, 3.05) is 13.2 Å². The van der Waals surface area contributed by atoms with Crippen LogP contribution in [0.1, 0.15) is 26.2 Å². The second-order valence-electron chi connectivity index (χ2n) is 4.17. The summed E-state index contributed by atoms with van der Waals surface area (Å²) in [5.74, 6) is -0.305. The van der Waals surface area contributed by atoms with Gasteiger partial charge in [-0.25, -0.2) is 6.57 Å². The number of rotatable bonds is 5. The smallest absolute Gasteiger partial charge is 0.230 e. The first kappa shape index (κ1) is 12.5. The summed E-state index contributed by atoms with van der Waals surface area (Å²) in [6, 6.07) is -0.170. The maximum absolute atomic E-state index is 9.55. The molecule has 1 rings (SSSR count). The van der Waals surface area contributed by atoms with E-state index in [1.54, 1.807) is 0 Å². The topological polar surface area (TPSA) is 33.8 Å². The summed E-state index contributed by atoms with van der Waals surface area (Å²) in [5, 5.41) is 9.55. The minimum atomic E-state index is -0.538. The molecule has 1 saturated carbocycles. The van der Waals surface area contributed by atoms with Crippen LogP contribution in [0.4, 0.5) is 0 Å². The highest BCUT2D eigenvalue weighted by molar-refractivity contribution is 6.12. The van der Waals surface area contributed by atoms with E-state index in [1.165, 1.54) is 0 Å². The summed E-state index contributed by atoms with van der Waals surface area (Å²) in [6.07, 6.45) is 2.09. The molecule has 1 fully saturated rings. The molecule has 1 aliphatic carbocycles. The number of hydrogen-bond acceptors (Lipinski definition) is 2. The fourth-order valence-electron chi connectivity index (χ4n) is 1.96. The van der Waals surface area contributed by atoms with E-state index in [9.17, 15) is 5.11 Å². The molecular formula is C11H18BNO2. The van der Waals surface area contributed by atoms with Gasteiger partial charge in [0.1, 0.15) is 0 Å². The zero-order valence-electron chi connectivity index (χ0n) is 9.22. The monoisotopic (exact) mass is 207 g/mol. The van der Waals surface area contributed by atoms with Gasteiger partial charge in [0, 0.05) is 13.0 Å². The first-order chi connectivity index (χ1) is 7.20. The summed E-state index contributed by atoms with van der Waals surface area (Å²) in [5.41, 5.74) is 0. The summed E-state index contributed by atoms with van der Waals surface area (Å²) in [6.45, 7) is 10.4. The molecule has 0 saturated heterocycles. The normalized spacial score (nSPS) is 35.3. The molecule has 4 unspecified atom stereocenters. The van der Waals surface area contributed by atoms with Gasteiger partial charge in [-0.2, -0.15) is 0 Å². The van der Waals surface area contributed by atoms with Gasteiger partial charge in [0.2, 0.25) is 6.04 Å². The molecule has 0 amide bonds. The van der Waals surface area contributed by atoms with Crippen molar-refractivity contribution in [2.45, 2.75) is 44.1 Å². The molecule has 0 aliphatic heterocycles. The molecule has 0 bridgehead atoms. The fourth-order valence-corrected chi connectivity index (χ4v) is 1.96. The van der Waals surface area contributed by atoms with Crippen molar-refractivity contribution in [3.8, 4) is 0 Å². The quantitative estimate of drug-likeness (QED) is 0.420. The van der Waals surface area contributed by atoms with Crippen LogP contribution in [0.5, 0.6) is 0 Å². The van der Waals surface area contributed by atoms with Gasteiger partial charge in [-0.3, -0.25) is 0 Å². The predicted molar refractivity (Wildman–Crippen MR) is 59.7 cm³/mol. The average Bonchev–Trinajstić information content (AvgIpc) is 2.51. The zero-order valence-corrected chi connectivity index (χ0v) is 9.22. The number of unbranched alkanes of at least 4 members (excludes halogenated alkanes) is 1. The molecule has 2 radical (unpaired) electrons. The maximum atomic E-state index is 9.55. The van der Waals surface area contributed by atoms with Gasteiger partial charge in [-0.1, -0.05) is 13.3 Å². The van der Waals surface area contributed by atoms with Crippen LogP contribution in [0.2, 0.25) is 5.82 Å². The molecule has 4 atom stereocenters. The van der Waals surface area contributed by atoms with Crippen molar-refractivity contribution >= 4 is 7.85 Å². The highest BCUT2D eigenvalue weighted by atomic mass is 16.5. The summed E-state index contributed by atoms with van der Waals surface area (Å²) in [7, 11) is 5.83. The Morgan fingerprint density at radius 2 is 2.33 bits per heavy atom. The van der Waals surface area contributed by atoms with Gasteiger partial charge in [0.25, 0.3) is 0 Å². The first-order valence-electron chi connectivity index (χ1n) is 5.58. The van der Waals surface area contributed by atoms with E-state index in [0.29, 0.717) is 13.0 Å². The lowest BCUT2D eigenvalue weighted by Gasteiger charge is -2.17. The molecule has 82 valence electrons. The summed E-state index contributed by atoms with van der Waals surface area (Å²) in [4.78, 5) is 3.50. The zero-order chi connectivity index (χ0) is 11.3. The highest BCUT2D eigenvalue weighted by Crippen LogP contribution is 2.37. The van der Waals surface area contributed by atoms with Crippen LogP contribution in [0.3, 0.4) is 0 Å². The Hall–Kier alpha value is -0.525.